The predicted molar refractivity (Wildman–Crippen MR) is 63.8 cm³/mol. The van der Waals surface area contributed by atoms with E-state index in [1.165, 1.54) is 13.4 Å². The summed E-state index contributed by atoms with van der Waals surface area (Å²) >= 11 is 0. The topological polar surface area (TPSA) is 100.0 Å². The molecular formula is C11H15N5O2. The maximum Gasteiger partial charge on any atom is 0.227 e. The van der Waals surface area contributed by atoms with Crippen molar-refractivity contribution in [3.05, 3.63) is 18.3 Å². The summed E-state index contributed by atoms with van der Waals surface area (Å²) in [4.78, 5) is 12.2. The van der Waals surface area contributed by atoms with Crippen molar-refractivity contribution in [2.75, 3.05) is 7.11 Å². The number of rotatable bonds is 5. The highest BCUT2D eigenvalue weighted by Crippen LogP contribution is 2.16. The van der Waals surface area contributed by atoms with Crippen molar-refractivity contribution >= 4 is 0 Å². The molecule has 0 spiro atoms. The standard InChI is InChI=1S/C11H15N5O2/c1-7(12)3-4-9-15-11(16-18-9)8-5-10(17-2)14-6-13-8/h5-7H,3-4,12H2,1-2H3. The van der Waals surface area contributed by atoms with Gasteiger partial charge in [-0.2, -0.15) is 4.98 Å². The van der Waals surface area contributed by atoms with Crippen molar-refractivity contribution in [2.24, 2.45) is 5.73 Å². The number of methoxy groups -OCH3 is 1. The molecule has 2 N–H and O–H groups in total. The van der Waals surface area contributed by atoms with E-state index in [1.54, 1.807) is 6.07 Å². The van der Waals surface area contributed by atoms with Crippen LogP contribution >= 0.6 is 0 Å². The zero-order chi connectivity index (χ0) is 13.0. The molecule has 0 saturated heterocycles. The fourth-order valence-corrected chi connectivity index (χ4v) is 1.38. The van der Waals surface area contributed by atoms with Gasteiger partial charge in [0, 0.05) is 18.5 Å². The zero-order valence-electron chi connectivity index (χ0n) is 10.3. The monoisotopic (exact) mass is 249 g/mol. The Morgan fingerprint density at radius 3 is 3.00 bits per heavy atom. The maximum atomic E-state index is 5.67. The van der Waals surface area contributed by atoms with Crippen LogP contribution in [0.3, 0.4) is 0 Å². The first-order valence-electron chi connectivity index (χ1n) is 5.63. The van der Waals surface area contributed by atoms with Crippen LogP contribution in [0.4, 0.5) is 0 Å². The molecular weight excluding hydrogens is 234 g/mol. The van der Waals surface area contributed by atoms with Gasteiger partial charge in [0.1, 0.15) is 12.0 Å². The summed E-state index contributed by atoms with van der Waals surface area (Å²) in [5.74, 6) is 1.44. The number of nitrogens with two attached hydrogens (primary N) is 1. The molecule has 1 unspecified atom stereocenters. The molecule has 2 aromatic rings. The van der Waals surface area contributed by atoms with Gasteiger partial charge in [-0.25, -0.2) is 9.97 Å². The number of hydrogen-bond donors (Lipinski definition) is 1. The second-order valence-corrected chi connectivity index (χ2v) is 3.97. The molecule has 7 heteroatoms. The zero-order valence-corrected chi connectivity index (χ0v) is 10.3. The van der Waals surface area contributed by atoms with Gasteiger partial charge in [-0.15, -0.1) is 0 Å². The van der Waals surface area contributed by atoms with Crippen LogP contribution in [-0.2, 0) is 6.42 Å². The molecule has 0 amide bonds. The molecule has 0 fully saturated rings. The molecule has 0 aliphatic carbocycles. The minimum absolute atomic E-state index is 0.111. The molecule has 0 aromatic carbocycles. The number of hydrogen-bond acceptors (Lipinski definition) is 7. The highest BCUT2D eigenvalue weighted by Gasteiger charge is 2.11. The highest BCUT2D eigenvalue weighted by molar-refractivity contribution is 5.49. The normalized spacial score (nSPS) is 12.4. The van der Waals surface area contributed by atoms with E-state index in [2.05, 4.69) is 20.1 Å². The maximum absolute atomic E-state index is 5.67. The van der Waals surface area contributed by atoms with Crippen molar-refractivity contribution in [3.63, 3.8) is 0 Å². The molecule has 2 heterocycles. The summed E-state index contributed by atoms with van der Waals surface area (Å²) in [6.07, 6.45) is 2.85. The Bertz CT molecular complexity index is 512. The van der Waals surface area contributed by atoms with Crippen molar-refractivity contribution in [2.45, 2.75) is 25.8 Å². The molecule has 96 valence electrons. The van der Waals surface area contributed by atoms with Gasteiger partial charge in [0.05, 0.1) is 7.11 Å². The predicted octanol–water partition coefficient (Wildman–Crippen LogP) is 0.815. The number of nitrogens with zero attached hydrogens (tertiary/aromatic N) is 4. The third-order valence-electron chi connectivity index (χ3n) is 2.36. The van der Waals surface area contributed by atoms with E-state index in [4.69, 9.17) is 15.0 Å². The fraction of sp³-hybridized carbons (Fsp3) is 0.455. The summed E-state index contributed by atoms with van der Waals surface area (Å²) < 4.78 is 10.1. The molecule has 2 aromatic heterocycles. The molecule has 0 aliphatic rings. The fourth-order valence-electron chi connectivity index (χ4n) is 1.38. The molecule has 1 atom stereocenters. The molecule has 0 bridgehead atoms. The van der Waals surface area contributed by atoms with Gasteiger partial charge in [0.2, 0.25) is 17.6 Å². The second kappa shape index (κ2) is 5.54. The molecule has 18 heavy (non-hydrogen) atoms. The third kappa shape index (κ3) is 3.01. The number of aryl methyl sites for hydroxylation is 1. The molecule has 0 saturated carbocycles. The Labute approximate surface area is 104 Å². The molecule has 0 radical (unpaired) electrons. The first-order chi connectivity index (χ1) is 8.69. The van der Waals surface area contributed by atoms with Crippen molar-refractivity contribution in [1.82, 2.24) is 20.1 Å². The van der Waals surface area contributed by atoms with Crippen molar-refractivity contribution in [3.8, 4) is 17.4 Å². The van der Waals surface area contributed by atoms with Crippen molar-refractivity contribution in [1.29, 1.82) is 0 Å². The first kappa shape index (κ1) is 12.4. The smallest absolute Gasteiger partial charge is 0.227 e. The van der Waals surface area contributed by atoms with Gasteiger partial charge in [0.15, 0.2) is 0 Å². The van der Waals surface area contributed by atoms with Crippen LogP contribution in [0.1, 0.15) is 19.2 Å². The quantitative estimate of drug-likeness (QED) is 0.836. The van der Waals surface area contributed by atoms with Crippen LogP contribution in [0.25, 0.3) is 11.5 Å². The van der Waals surface area contributed by atoms with E-state index in [1.807, 2.05) is 6.92 Å². The Kier molecular flexibility index (Phi) is 3.83. The van der Waals surface area contributed by atoms with Crippen LogP contribution < -0.4 is 10.5 Å². The molecule has 2 rings (SSSR count). The number of ether oxygens (including phenoxy) is 1. The Balaban J connectivity index is 2.13. The van der Waals surface area contributed by atoms with Crippen LogP contribution in [0.15, 0.2) is 16.9 Å². The molecule has 0 aliphatic heterocycles. The first-order valence-corrected chi connectivity index (χ1v) is 5.63. The summed E-state index contributed by atoms with van der Waals surface area (Å²) in [5.41, 5.74) is 6.24. The average molecular weight is 249 g/mol. The van der Waals surface area contributed by atoms with Crippen LogP contribution in [0, 0.1) is 0 Å². The largest absolute Gasteiger partial charge is 0.481 e. The Morgan fingerprint density at radius 2 is 2.28 bits per heavy atom. The summed E-state index contributed by atoms with van der Waals surface area (Å²) in [5, 5.41) is 3.87. The average Bonchev–Trinajstić information content (AvgIpc) is 2.85. The van der Waals surface area contributed by atoms with E-state index >= 15 is 0 Å². The van der Waals surface area contributed by atoms with E-state index in [9.17, 15) is 0 Å². The van der Waals surface area contributed by atoms with Crippen LogP contribution in [-0.4, -0.2) is 33.3 Å². The summed E-state index contributed by atoms with van der Waals surface area (Å²) in [7, 11) is 1.54. The van der Waals surface area contributed by atoms with Gasteiger partial charge in [-0.05, 0) is 13.3 Å². The lowest BCUT2D eigenvalue weighted by Crippen LogP contribution is -2.15. The van der Waals surface area contributed by atoms with E-state index < -0.39 is 0 Å². The summed E-state index contributed by atoms with van der Waals surface area (Å²) in [6, 6.07) is 1.76. The van der Waals surface area contributed by atoms with E-state index in [0.29, 0.717) is 29.7 Å². The van der Waals surface area contributed by atoms with Crippen LogP contribution in [0.2, 0.25) is 0 Å². The van der Waals surface area contributed by atoms with Gasteiger partial charge in [-0.3, -0.25) is 0 Å². The number of aromatic nitrogens is 4. The highest BCUT2D eigenvalue weighted by atomic mass is 16.5. The SMILES string of the molecule is COc1cc(-c2noc(CCC(C)N)n2)ncn1. The van der Waals surface area contributed by atoms with Gasteiger partial charge < -0.3 is 15.0 Å². The summed E-state index contributed by atoms with van der Waals surface area (Å²) in [6.45, 7) is 1.94. The lowest BCUT2D eigenvalue weighted by Gasteiger charge is -1.99. The Hall–Kier alpha value is -2.02. The van der Waals surface area contributed by atoms with E-state index in [0.717, 1.165) is 6.42 Å². The lowest BCUT2D eigenvalue weighted by molar-refractivity contribution is 0.372. The van der Waals surface area contributed by atoms with Gasteiger partial charge in [-0.1, -0.05) is 5.16 Å². The Morgan fingerprint density at radius 1 is 1.44 bits per heavy atom. The van der Waals surface area contributed by atoms with Gasteiger partial charge in [0.25, 0.3) is 0 Å². The van der Waals surface area contributed by atoms with Crippen molar-refractivity contribution < 1.29 is 9.26 Å². The van der Waals surface area contributed by atoms with Crippen LogP contribution in [0.5, 0.6) is 5.88 Å². The second-order valence-electron chi connectivity index (χ2n) is 3.97. The minimum atomic E-state index is 0.111. The minimum Gasteiger partial charge on any atom is -0.481 e. The lowest BCUT2D eigenvalue weighted by atomic mass is 10.2. The van der Waals surface area contributed by atoms with E-state index in [-0.39, 0.29) is 6.04 Å². The third-order valence-corrected chi connectivity index (χ3v) is 2.36. The molecule has 7 nitrogen and oxygen atoms in total. The van der Waals surface area contributed by atoms with Gasteiger partial charge >= 0.3 is 0 Å².